The summed E-state index contributed by atoms with van der Waals surface area (Å²) in [6.07, 6.45) is 0.651. The van der Waals surface area contributed by atoms with Gasteiger partial charge in [0.15, 0.2) is 15.0 Å². The third-order valence-electron chi connectivity index (χ3n) is 3.21. The standard InChI is InChI=1S/C9H14N2O2S2/c1-9(2)6(3-4-15(9,12)13)7-5-14-8(10)11-7/h5-6H,3-4H2,1-2H3,(H2,10,11). The van der Waals surface area contributed by atoms with Gasteiger partial charge in [-0.2, -0.15) is 0 Å². The van der Waals surface area contributed by atoms with Crippen molar-refractivity contribution in [2.75, 3.05) is 11.5 Å². The Hall–Kier alpha value is -0.620. The van der Waals surface area contributed by atoms with Crippen LogP contribution in [0.1, 0.15) is 31.9 Å². The van der Waals surface area contributed by atoms with Crippen LogP contribution in [-0.2, 0) is 9.84 Å². The van der Waals surface area contributed by atoms with Gasteiger partial charge in [-0.3, -0.25) is 0 Å². The lowest BCUT2D eigenvalue weighted by atomic mass is 9.90. The summed E-state index contributed by atoms with van der Waals surface area (Å²) in [5, 5.41) is 2.37. The Morgan fingerprint density at radius 3 is 2.67 bits per heavy atom. The van der Waals surface area contributed by atoms with Gasteiger partial charge < -0.3 is 5.73 Å². The summed E-state index contributed by atoms with van der Waals surface area (Å²) in [4.78, 5) is 4.19. The van der Waals surface area contributed by atoms with Crippen molar-refractivity contribution in [3.63, 3.8) is 0 Å². The molecule has 84 valence electrons. The fourth-order valence-electron chi connectivity index (χ4n) is 2.07. The zero-order valence-electron chi connectivity index (χ0n) is 8.73. The fourth-order valence-corrected chi connectivity index (χ4v) is 4.43. The molecule has 1 unspecified atom stereocenters. The topological polar surface area (TPSA) is 73.0 Å². The first-order valence-electron chi connectivity index (χ1n) is 4.78. The summed E-state index contributed by atoms with van der Waals surface area (Å²) < 4.78 is 22.9. The minimum Gasteiger partial charge on any atom is -0.375 e. The maximum absolute atomic E-state index is 11.8. The van der Waals surface area contributed by atoms with E-state index in [0.717, 1.165) is 5.69 Å². The van der Waals surface area contributed by atoms with Gasteiger partial charge in [-0.05, 0) is 20.3 Å². The third kappa shape index (κ3) is 1.56. The van der Waals surface area contributed by atoms with Crippen molar-refractivity contribution in [1.82, 2.24) is 4.98 Å². The van der Waals surface area contributed by atoms with E-state index in [1.807, 2.05) is 5.38 Å². The first kappa shape index (κ1) is 10.9. The monoisotopic (exact) mass is 246 g/mol. The summed E-state index contributed by atoms with van der Waals surface area (Å²) in [6, 6.07) is 0. The van der Waals surface area contributed by atoms with Crippen LogP contribution in [0.15, 0.2) is 5.38 Å². The van der Waals surface area contributed by atoms with E-state index < -0.39 is 14.6 Å². The number of thiazole rings is 1. The van der Waals surface area contributed by atoms with E-state index >= 15 is 0 Å². The lowest BCUT2D eigenvalue weighted by molar-refractivity contribution is 0.512. The molecule has 0 spiro atoms. The smallest absolute Gasteiger partial charge is 0.180 e. The van der Waals surface area contributed by atoms with Crippen molar-refractivity contribution in [2.24, 2.45) is 0 Å². The molecule has 1 saturated heterocycles. The molecule has 1 fully saturated rings. The Balaban J connectivity index is 2.42. The van der Waals surface area contributed by atoms with Crippen LogP contribution in [0.25, 0.3) is 0 Å². The molecular weight excluding hydrogens is 232 g/mol. The molecule has 1 aromatic rings. The molecule has 1 aromatic heterocycles. The molecule has 0 aliphatic carbocycles. The highest BCUT2D eigenvalue weighted by molar-refractivity contribution is 7.93. The largest absolute Gasteiger partial charge is 0.375 e. The number of sulfone groups is 1. The van der Waals surface area contributed by atoms with Gasteiger partial charge >= 0.3 is 0 Å². The second-order valence-corrected chi connectivity index (χ2v) is 7.95. The average molecular weight is 246 g/mol. The fraction of sp³-hybridized carbons (Fsp3) is 0.667. The summed E-state index contributed by atoms with van der Waals surface area (Å²) in [6.45, 7) is 3.55. The molecule has 0 saturated carbocycles. The van der Waals surface area contributed by atoms with Crippen molar-refractivity contribution in [1.29, 1.82) is 0 Å². The zero-order valence-corrected chi connectivity index (χ0v) is 10.4. The number of rotatable bonds is 1. The number of nitrogen functional groups attached to an aromatic ring is 1. The number of aromatic nitrogens is 1. The van der Waals surface area contributed by atoms with Gasteiger partial charge in [-0.25, -0.2) is 13.4 Å². The van der Waals surface area contributed by atoms with Crippen LogP contribution in [0.2, 0.25) is 0 Å². The molecule has 1 aliphatic rings. The van der Waals surface area contributed by atoms with E-state index in [4.69, 9.17) is 5.73 Å². The number of hydrogen-bond acceptors (Lipinski definition) is 5. The molecule has 1 atom stereocenters. The van der Waals surface area contributed by atoms with E-state index in [9.17, 15) is 8.42 Å². The van der Waals surface area contributed by atoms with E-state index in [0.29, 0.717) is 11.6 Å². The average Bonchev–Trinajstić information content (AvgIpc) is 2.58. The number of anilines is 1. The van der Waals surface area contributed by atoms with Crippen molar-refractivity contribution in [2.45, 2.75) is 30.9 Å². The van der Waals surface area contributed by atoms with E-state index in [1.165, 1.54) is 11.3 Å². The zero-order chi connectivity index (χ0) is 11.3. The molecule has 1 aliphatic heterocycles. The molecule has 0 radical (unpaired) electrons. The first-order chi connectivity index (χ1) is 6.84. The highest BCUT2D eigenvalue weighted by Crippen LogP contribution is 2.44. The lowest BCUT2D eigenvalue weighted by Gasteiger charge is -2.23. The Morgan fingerprint density at radius 2 is 2.27 bits per heavy atom. The van der Waals surface area contributed by atoms with Gasteiger partial charge in [-0.1, -0.05) is 0 Å². The number of hydrogen-bond donors (Lipinski definition) is 1. The molecule has 0 amide bonds. The molecule has 4 nitrogen and oxygen atoms in total. The van der Waals surface area contributed by atoms with E-state index in [1.54, 1.807) is 13.8 Å². The molecule has 2 N–H and O–H groups in total. The molecule has 6 heteroatoms. The maximum Gasteiger partial charge on any atom is 0.180 e. The molecule has 0 aromatic carbocycles. The third-order valence-corrected chi connectivity index (χ3v) is 6.57. The normalized spacial score (nSPS) is 28.0. The SMILES string of the molecule is CC1(C)C(c2csc(N)n2)CCS1(=O)=O. The van der Waals surface area contributed by atoms with Gasteiger partial charge in [0.1, 0.15) is 0 Å². The van der Waals surface area contributed by atoms with Crippen molar-refractivity contribution >= 4 is 26.3 Å². The minimum atomic E-state index is -2.99. The minimum absolute atomic E-state index is 0.0175. The van der Waals surface area contributed by atoms with Crippen LogP contribution >= 0.6 is 11.3 Å². The maximum atomic E-state index is 11.8. The highest BCUT2D eigenvalue weighted by Gasteiger charge is 2.48. The van der Waals surface area contributed by atoms with Crippen molar-refractivity contribution in [3.05, 3.63) is 11.1 Å². The summed E-state index contributed by atoms with van der Waals surface area (Å²) in [7, 11) is -2.99. The lowest BCUT2D eigenvalue weighted by Crippen LogP contribution is -2.32. The molecule has 0 bridgehead atoms. The Bertz CT molecular complexity index is 476. The van der Waals surface area contributed by atoms with Crippen LogP contribution < -0.4 is 5.73 Å². The van der Waals surface area contributed by atoms with Gasteiger partial charge in [-0.15, -0.1) is 11.3 Å². The van der Waals surface area contributed by atoms with Crippen LogP contribution in [-0.4, -0.2) is 23.9 Å². The van der Waals surface area contributed by atoms with Crippen molar-refractivity contribution in [3.8, 4) is 0 Å². The summed E-state index contributed by atoms with van der Waals surface area (Å²) in [5.41, 5.74) is 6.38. The van der Waals surface area contributed by atoms with Crippen molar-refractivity contribution < 1.29 is 8.42 Å². The van der Waals surface area contributed by atoms with Gasteiger partial charge in [0.05, 0.1) is 16.2 Å². The van der Waals surface area contributed by atoms with Gasteiger partial charge in [0, 0.05) is 11.3 Å². The van der Waals surface area contributed by atoms with E-state index in [2.05, 4.69) is 4.98 Å². The molecule has 2 rings (SSSR count). The van der Waals surface area contributed by atoms with Crippen LogP contribution in [0.3, 0.4) is 0 Å². The Kier molecular flexibility index (Phi) is 2.31. The van der Waals surface area contributed by atoms with Gasteiger partial charge in [0.25, 0.3) is 0 Å². The molecule has 2 heterocycles. The Morgan fingerprint density at radius 1 is 1.60 bits per heavy atom. The predicted octanol–water partition coefficient (Wildman–Crippen LogP) is 1.41. The highest BCUT2D eigenvalue weighted by atomic mass is 32.2. The van der Waals surface area contributed by atoms with Crippen LogP contribution in [0.4, 0.5) is 5.13 Å². The van der Waals surface area contributed by atoms with Crippen LogP contribution in [0, 0.1) is 0 Å². The number of nitrogens with zero attached hydrogens (tertiary/aromatic N) is 1. The number of nitrogens with two attached hydrogens (primary N) is 1. The molecule has 15 heavy (non-hydrogen) atoms. The van der Waals surface area contributed by atoms with E-state index in [-0.39, 0.29) is 11.7 Å². The quantitative estimate of drug-likeness (QED) is 0.813. The molecular formula is C9H14N2O2S2. The second-order valence-electron chi connectivity index (χ2n) is 4.37. The predicted molar refractivity (Wildman–Crippen MR) is 61.8 cm³/mol. The van der Waals surface area contributed by atoms with Crippen LogP contribution in [0.5, 0.6) is 0 Å². The first-order valence-corrected chi connectivity index (χ1v) is 7.31. The van der Waals surface area contributed by atoms with Gasteiger partial charge in [0.2, 0.25) is 0 Å². The summed E-state index contributed by atoms with van der Waals surface area (Å²) >= 11 is 1.36. The Labute approximate surface area is 93.4 Å². The summed E-state index contributed by atoms with van der Waals surface area (Å²) in [5.74, 6) is 0.235. The second kappa shape index (κ2) is 3.18.